The molecule has 1 aromatic rings. The van der Waals surface area contributed by atoms with E-state index in [1.165, 1.54) is 18.2 Å². The van der Waals surface area contributed by atoms with Gasteiger partial charge in [0.25, 0.3) is 5.91 Å². The number of carbonyl (C=O) groups excluding carboxylic acids is 2. The fraction of sp³-hybridized carbons (Fsp3) is 0.529. The van der Waals surface area contributed by atoms with Gasteiger partial charge in [-0.3, -0.25) is 9.59 Å². The van der Waals surface area contributed by atoms with E-state index in [0.717, 1.165) is 19.4 Å². The van der Waals surface area contributed by atoms with Gasteiger partial charge in [-0.05, 0) is 25.0 Å². The Bertz CT molecular complexity index is 662. The molecule has 9 heteroatoms. The first kappa shape index (κ1) is 20.7. The Hall–Kier alpha value is -1.57. The van der Waals surface area contributed by atoms with Crippen LogP contribution in [-0.2, 0) is 9.59 Å². The van der Waals surface area contributed by atoms with Gasteiger partial charge in [0.15, 0.2) is 6.61 Å². The number of likely N-dealkylation sites (tertiary alicyclic amines) is 1. The van der Waals surface area contributed by atoms with Crippen LogP contribution < -0.4 is 10.1 Å². The minimum absolute atomic E-state index is 0. The van der Waals surface area contributed by atoms with Crippen molar-refractivity contribution < 1.29 is 18.7 Å². The molecule has 6 nitrogen and oxygen atoms in total. The summed E-state index contributed by atoms with van der Waals surface area (Å²) in [5.74, 6) is -0.235. The van der Waals surface area contributed by atoms with Gasteiger partial charge in [-0.2, -0.15) is 0 Å². The second-order valence-corrected chi connectivity index (χ2v) is 6.67. The van der Waals surface area contributed by atoms with Gasteiger partial charge < -0.3 is 19.9 Å². The Morgan fingerprint density at radius 1 is 1.38 bits per heavy atom. The molecule has 0 saturated carbocycles. The Morgan fingerprint density at radius 3 is 2.92 bits per heavy atom. The summed E-state index contributed by atoms with van der Waals surface area (Å²) in [6.07, 6.45) is 1.76. The summed E-state index contributed by atoms with van der Waals surface area (Å²) in [4.78, 5) is 28.0. The van der Waals surface area contributed by atoms with Crippen LogP contribution in [0.5, 0.6) is 5.75 Å². The lowest BCUT2D eigenvalue weighted by molar-refractivity contribution is -0.141. The van der Waals surface area contributed by atoms with E-state index < -0.39 is 5.82 Å². The van der Waals surface area contributed by atoms with Crippen molar-refractivity contribution in [2.45, 2.75) is 18.9 Å². The highest BCUT2D eigenvalue weighted by Crippen LogP contribution is 2.22. The van der Waals surface area contributed by atoms with Crippen molar-refractivity contribution in [3.05, 3.63) is 29.0 Å². The lowest BCUT2D eigenvalue weighted by Crippen LogP contribution is -2.57. The Labute approximate surface area is 163 Å². The molecule has 26 heavy (non-hydrogen) atoms. The summed E-state index contributed by atoms with van der Waals surface area (Å²) in [7, 11) is 0. The molecule has 144 valence electrons. The molecule has 0 bridgehead atoms. The Morgan fingerprint density at radius 2 is 2.19 bits per heavy atom. The van der Waals surface area contributed by atoms with Crippen LogP contribution >= 0.6 is 24.0 Å². The Kier molecular flexibility index (Phi) is 7.49. The molecule has 0 aromatic heterocycles. The highest BCUT2D eigenvalue weighted by atomic mass is 35.5. The van der Waals surface area contributed by atoms with Crippen molar-refractivity contribution in [2.75, 3.05) is 39.3 Å². The molecule has 2 aliphatic rings. The second-order valence-electron chi connectivity index (χ2n) is 6.26. The van der Waals surface area contributed by atoms with Crippen LogP contribution in [0.1, 0.15) is 12.8 Å². The average Bonchev–Trinajstić information content (AvgIpc) is 2.63. The third-order valence-corrected chi connectivity index (χ3v) is 4.86. The van der Waals surface area contributed by atoms with Crippen LogP contribution in [0.15, 0.2) is 18.2 Å². The zero-order valence-corrected chi connectivity index (χ0v) is 15.8. The Balaban J connectivity index is 0.00000243. The normalized spacial score (nSPS) is 20.5. The summed E-state index contributed by atoms with van der Waals surface area (Å²) in [6.45, 7) is 2.87. The van der Waals surface area contributed by atoms with Gasteiger partial charge in [-0.25, -0.2) is 4.39 Å². The molecule has 0 aliphatic carbocycles. The van der Waals surface area contributed by atoms with E-state index in [4.69, 9.17) is 16.3 Å². The zero-order chi connectivity index (χ0) is 17.8. The van der Waals surface area contributed by atoms with Crippen molar-refractivity contribution in [1.29, 1.82) is 0 Å². The van der Waals surface area contributed by atoms with Gasteiger partial charge in [0, 0.05) is 38.3 Å². The summed E-state index contributed by atoms with van der Waals surface area (Å²) in [5.41, 5.74) is 0. The lowest BCUT2D eigenvalue weighted by atomic mass is 10.0. The smallest absolute Gasteiger partial charge is 0.260 e. The number of halogens is 3. The average molecular weight is 406 g/mol. The van der Waals surface area contributed by atoms with Crippen LogP contribution in [0.3, 0.4) is 0 Å². The van der Waals surface area contributed by atoms with Crippen molar-refractivity contribution in [3.8, 4) is 5.75 Å². The molecule has 2 saturated heterocycles. The van der Waals surface area contributed by atoms with Gasteiger partial charge >= 0.3 is 0 Å². The van der Waals surface area contributed by atoms with Gasteiger partial charge in [-0.15, -0.1) is 12.4 Å². The van der Waals surface area contributed by atoms with Crippen molar-refractivity contribution in [2.24, 2.45) is 0 Å². The minimum Gasteiger partial charge on any atom is -0.484 e. The summed E-state index contributed by atoms with van der Waals surface area (Å²) < 4.78 is 18.6. The molecule has 3 rings (SSSR count). The molecule has 2 amide bonds. The number of rotatable bonds is 4. The maximum absolute atomic E-state index is 13.1. The van der Waals surface area contributed by atoms with Gasteiger partial charge in [0.2, 0.25) is 5.91 Å². The molecule has 0 radical (unpaired) electrons. The predicted molar refractivity (Wildman–Crippen MR) is 98.3 cm³/mol. The number of carbonyl (C=O) groups is 2. The molecule has 2 aliphatic heterocycles. The van der Waals surface area contributed by atoms with E-state index in [2.05, 4.69) is 5.32 Å². The lowest BCUT2D eigenvalue weighted by Gasteiger charge is -2.41. The number of piperidine rings is 1. The van der Waals surface area contributed by atoms with Gasteiger partial charge in [-0.1, -0.05) is 11.6 Å². The van der Waals surface area contributed by atoms with E-state index in [0.29, 0.717) is 31.9 Å². The van der Waals surface area contributed by atoms with Crippen molar-refractivity contribution in [1.82, 2.24) is 15.1 Å². The van der Waals surface area contributed by atoms with E-state index >= 15 is 0 Å². The number of amides is 2. The number of benzene rings is 1. The molecular weight excluding hydrogens is 384 g/mol. The fourth-order valence-corrected chi connectivity index (χ4v) is 3.42. The second kappa shape index (κ2) is 9.39. The molecule has 1 unspecified atom stereocenters. The molecule has 1 N–H and O–H groups in total. The van der Waals surface area contributed by atoms with E-state index in [1.54, 1.807) is 4.90 Å². The molecule has 2 fully saturated rings. The number of nitrogens with one attached hydrogen (secondary N) is 1. The number of hydrogen-bond donors (Lipinski definition) is 1. The summed E-state index contributed by atoms with van der Waals surface area (Å²) in [5, 5.41) is 3.01. The zero-order valence-electron chi connectivity index (χ0n) is 14.2. The van der Waals surface area contributed by atoms with Crippen molar-refractivity contribution >= 4 is 35.8 Å². The molecule has 0 spiro atoms. The van der Waals surface area contributed by atoms with Crippen LogP contribution in [0, 0.1) is 5.82 Å². The van der Waals surface area contributed by atoms with Crippen LogP contribution in [0.25, 0.3) is 0 Å². The van der Waals surface area contributed by atoms with Gasteiger partial charge in [0.05, 0.1) is 11.6 Å². The number of nitrogens with zero attached hydrogens (tertiary/aromatic N) is 2. The first-order valence-corrected chi connectivity index (χ1v) is 8.78. The van der Waals surface area contributed by atoms with Gasteiger partial charge in [0.1, 0.15) is 11.6 Å². The number of ether oxygens (including phenoxy) is 1. The highest BCUT2D eigenvalue weighted by Gasteiger charge is 2.31. The topological polar surface area (TPSA) is 61.9 Å². The standard InChI is InChI=1S/C17H21ClFN3O3.ClH/c18-14-8-13(3-4-15(14)19)25-11-17(24)21-6-1-2-12(10-21)22-7-5-20-9-16(22)23;/h3-4,8,12,20H,1-2,5-7,9-11H2;1H. The molecular formula is C17H22Cl2FN3O3. The SMILES string of the molecule is Cl.O=C(COc1ccc(F)c(Cl)c1)N1CCCC(N2CCNCC2=O)C1. The van der Waals surface area contributed by atoms with E-state index in [9.17, 15) is 14.0 Å². The van der Waals surface area contributed by atoms with Crippen LogP contribution in [0.4, 0.5) is 4.39 Å². The van der Waals surface area contributed by atoms with E-state index in [-0.39, 0.29) is 41.9 Å². The molecule has 1 aromatic carbocycles. The quantitative estimate of drug-likeness (QED) is 0.827. The largest absolute Gasteiger partial charge is 0.484 e. The van der Waals surface area contributed by atoms with E-state index in [1.807, 2.05) is 4.90 Å². The number of piperazine rings is 1. The highest BCUT2D eigenvalue weighted by molar-refractivity contribution is 6.30. The first-order valence-electron chi connectivity index (χ1n) is 8.40. The minimum atomic E-state index is -0.528. The third kappa shape index (κ3) is 4.99. The maximum atomic E-state index is 13.1. The number of hydrogen-bond acceptors (Lipinski definition) is 4. The fourth-order valence-electron chi connectivity index (χ4n) is 3.25. The maximum Gasteiger partial charge on any atom is 0.260 e. The first-order chi connectivity index (χ1) is 12.0. The molecule has 1 atom stereocenters. The van der Waals surface area contributed by atoms with Crippen molar-refractivity contribution in [3.63, 3.8) is 0 Å². The molecule has 2 heterocycles. The van der Waals surface area contributed by atoms with Crippen LogP contribution in [-0.4, -0.2) is 67.0 Å². The monoisotopic (exact) mass is 405 g/mol. The summed E-state index contributed by atoms with van der Waals surface area (Å²) >= 11 is 5.70. The van der Waals surface area contributed by atoms with Crippen LogP contribution in [0.2, 0.25) is 5.02 Å². The summed E-state index contributed by atoms with van der Waals surface area (Å²) in [6, 6.07) is 4.05. The third-order valence-electron chi connectivity index (χ3n) is 4.57. The predicted octanol–water partition coefficient (Wildman–Crippen LogP) is 1.70.